The largest absolute Gasteiger partial charge is 0.497 e. The zero-order chi connectivity index (χ0) is 93.7. The summed E-state index contributed by atoms with van der Waals surface area (Å²) in [6.45, 7) is 60.2. The molecule has 0 unspecified atom stereocenters. The fourth-order valence-electron chi connectivity index (χ4n) is 7.94. The minimum atomic E-state index is -0.149. The first-order chi connectivity index (χ1) is 56.6. The summed E-state index contributed by atoms with van der Waals surface area (Å²) in [5.41, 5.74) is 7.14. The number of rotatable bonds is 29. The highest BCUT2D eigenvalue weighted by Crippen LogP contribution is 2.17. The fourth-order valence-corrected chi connectivity index (χ4v) is 7.94. The van der Waals surface area contributed by atoms with Crippen molar-refractivity contribution in [2.75, 3.05) is 42.8 Å². The monoisotopic (exact) mass is 1680 g/mol. The Labute approximate surface area is 730 Å². The van der Waals surface area contributed by atoms with Crippen LogP contribution in [0, 0.1) is 77.9 Å². The van der Waals surface area contributed by atoms with Gasteiger partial charge < -0.3 is 51.4 Å². The van der Waals surface area contributed by atoms with E-state index in [-0.39, 0.29) is 124 Å². The van der Waals surface area contributed by atoms with E-state index in [2.05, 4.69) is 49.4 Å². The first-order valence-electron chi connectivity index (χ1n) is 43.0. The molecule has 0 aliphatic heterocycles. The highest BCUT2D eigenvalue weighted by atomic mass is 16.5. The molecule has 0 heterocycles. The van der Waals surface area contributed by atoms with E-state index in [4.69, 9.17) is 14.2 Å². The van der Waals surface area contributed by atoms with Crippen molar-refractivity contribution >= 4 is 81.9 Å². The van der Waals surface area contributed by atoms with E-state index >= 15 is 0 Å². The molecule has 121 heavy (non-hydrogen) atoms. The number of ether oxygens (including phenoxy) is 3. The molecule has 0 saturated carbocycles. The van der Waals surface area contributed by atoms with Crippen molar-refractivity contribution in [1.82, 2.24) is 21.3 Å². The summed E-state index contributed by atoms with van der Waals surface area (Å²) in [6, 6.07) is 54.5. The number of Topliss-reactive ketones (excluding diaryl/α,β-unsaturated/α-hetero) is 2. The quantitative estimate of drug-likeness (QED) is 0.0215. The second-order valence-electron chi connectivity index (χ2n) is 32.6. The van der Waals surface area contributed by atoms with Crippen molar-refractivity contribution in [3.05, 3.63) is 192 Å². The predicted molar refractivity (Wildman–Crippen MR) is 500 cm³/mol. The molecule has 6 aromatic rings. The Hall–Kier alpha value is -10.3. The SMILES string of the molecule is CC(C)C(=O)NCCc1ccccc1.CC(C)C(=O)NCc1ccccc1.CC(C)C(=O)Nc1ccccc1.CC(C)C(=O)OCc1ccccc1.CC(C)COC(=O)C(C)C.CC(C)NC(=O)C(C)C.CCC(=O)C(C)C.CCCC(=O)C(C)C.CCNC(=O)C(C)C.COc1ccc(NC(=O)C(C)C)cc1.Cc1ccc(NC(=O)C(C)C)cc1. The van der Waals surface area contributed by atoms with Gasteiger partial charge in [0.2, 0.25) is 41.4 Å². The Morgan fingerprint density at radius 2 is 0.669 bits per heavy atom. The molecular formula is C100H159N7O14. The highest BCUT2D eigenvalue weighted by Gasteiger charge is 2.14. The number of hydrogen-bond donors (Lipinski definition) is 7. The second kappa shape index (κ2) is 73.6. The third-order valence-corrected chi connectivity index (χ3v) is 15.9. The standard InChI is InChI=1S/C12H17NO.C11H15NO2.2C11H15NO.C11H14O2.C10H13NO.C8H16O2.C7H15NO.C7H14O.C6H13NO.C6H12O/c1-10(2)12(14)13-9-8-11-6-4-3-5-7-11;1-8(2)11(13)12-9-4-6-10(14-3)7-5-9;1-8(2)11(13)12-10-6-4-9(3)5-7-10;1-9(2)11(13)12-8-10-6-4-3-5-7-10;1-9(2)11(12)13-8-10-6-4-3-5-7-10;1-8(2)10(12)11-9-6-4-3-5-7-9;1-6(2)5-10-8(9)7(3)4;1-5(2)7(9)8-6(3)4;1-4-5-7(8)6(2)3;1-4-7-6(8)5(2)3;1-4-6(7)5(2)3/h3-7,10H,8-9H2,1-2H3,(H,13,14);4-8H,1-3H3,(H,12,13);4-8H,1-3H3,(H,12,13);3-7,9H,8H2,1-2H3,(H,12,13);3-7,9H,8H2,1-2H3;3-8H,1-2H3,(H,11,12);6-7H,5H2,1-4H3;5-6H,1-4H3,(H,8,9);6H,4-5H2,1-3H3;5H,4H2,1-3H3,(H,7,8);5H,4H2,1-3H3. The molecule has 0 atom stereocenters. The Morgan fingerprint density at radius 1 is 0.331 bits per heavy atom. The van der Waals surface area contributed by atoms with Gasteiger partial charge in [-0.3, -0.25) is 52.7 Å². The number of anilines is 3. The third kappa shape index (κ3) is 72.3. The molecule has 7 N–H and O–H groups in total. The molecule has 0 spiro atoms. The van der Waals surface area contributed by atoms with Crippen molar-refractivity contribution in [3.8, 4) is 5.75 Å². The minimum absolute atomic E-state index is 0.00116. The maximum Gasteiger partial charge on any atom is 0.308 e. The van der Waals surface area contributed by atoms with E-state index in [1.54, 1.807) is 7.11 Å². The molecule has 21 nitrogen and oxygen atoms in total. The van der Waals surface area contributed by atoms with E-state index in [0.29, 0.717) is 43.7 Å². The lowest BCUT2D eigenvalue weighted by Crippen LogP contribution is -2.33. The Bertz CT molecular complexity index is 3610. The molecule has 0 saturated heterocycles. The van der Waals surface area contributed by atoms with Crippen LogP contribution in [0.4, 0.5) is 17.1 Å². The van der Waals surface area contributed by atoms with Gasteiger partial charge in [-0.1, -0.05) is 307 Å². The number of carbonyl (C=O) groups is 11. The van der Waals surface area contributed by atoms with Crippen molar-refractivity contribution in [2.45, 2.75) is 253 Å². The summed E-state index contributed by atoms with van der Waals surface area (Å²) in [5.74, 6) is 3.14. The molecule has 21 heteroatoms. The van der Waals surface area contributed by atoms with Gasteiger partial charge in [0, 0.05) is 109 Å². The van der Waals surface area contributed by atoms with Gasteiger partial charge in [0.25, 0.3) is 0 Å². The van der Waals surface area contributed by atoms with E-state index in [0.717, 1.165) is 66.3 Å². The molecule has 0 radical (unpaired) electrons. The van der Waals surface area contributed by atoms with Crippen LogP contribution in [0.3, 0.4) is 0 Å². The molecule has 0 aliphatic carbocycles. The number of nitrogens with one attached hydrogen (secondary N) is 7. The van der Waals surface area contributed by atoms with E-state index in [1.165, 1.54) is 11.1 Å². The summed E-state index contributed by atoms with van der Waals surface area (Å²) in [7, 11) is 1.61. The van der Waals surface area contributed by atoms with Crippen LogP contribution < -0.4 is 42.0 Å². The van der Waals surface area contributed by atoms with Crippen LogP contribution in [0.1, 0.15) is 242 Å². The highest BCUT2D eigenvalue weighted by molar-refractivity contribution is 5.93. The van der Waals surface area contributed by atoms with Gasteiger partial charge in [-0.2, -0.15) is 0 Å². The number of amides is 7. The van der Waals surface area contributed by atoms with Gasteiger partial charge in [0.1, 0.15) is 23.9 Å². The topological polar surface area (TPSA) is 300 Å². The molecule has 678 valence electrons. The maximum atomic E-state index is 11.3. The van der Waals surface area contributed by atoms with Gasteiger partial charge in [0.05, 0.1) is 25.6 Å². The number of ketones is 2. The fraction of sp³-hybridized carbons (Fsp3) is 0.530. The zero-order valence-corrected chi connectivity index (χ0v) is 79.8. The number of benzene rings is 6. The van der Waals surface area contributed by atoms with Crippen LogP contribution in [0.5, 0.6) is 5.75 Å². The number of esters is 2. The number of aryl methyl sites for hydroxylation is 1. The summed E-state index contributed by atoms with van der Waals surface area (Å²) in [4.78, 5) is 121. The van der Waals surface area contributed by atoms with Crippen molar-refractivity contribution < 1.29 is 67.0 Å². The molecule has 7 amide bonds. The lowest BCUT2D eigenvalue weighted by Gasteiger charge is -2.09. The number of hydrogen-bond acceptors (Lipinski definition) is 14. The van der Waals surface area contributed by atoms with Crippen LogP contribution in [0.25, 0.3) is 0 Å². The Morgan fingerprint density at radius 3 is 0.967 bits per heavy atom. The van der Waals surface area contributed by atoms with Gasteiger partial charge in [-0.05, 0) is 112 Å². The van der Waals surface area contributed by atoms with Gasteiger partial charge >= 0.3 is 11.9 Å². The van der Waals surface area contributed by atoms with Crippen molar-refractivity contribution in [1.29, 1.82) is 0 Å². The first kappa shape index (κ1) is 119. The predicted octanol–water partition coefficient (Wildman–Crippen LogP) is 20.9. The number of carbonyl (C=O) groups excluding carboxylic acids is 11. The normalized spacial score (nSPS) is 10.1. The Balaban J connectivity index is -0.000000411. The van der Waals surface area contributed by atoms with Gasteiger partial charge in [-0.25, -0.2) is 0 Å². The zero-order valence-electron chi connectivity index (χ0n) is 79.8. The Kier molecular flexibility index (Phi) is 72.5. The average molecular weight is 1680 g/mol. The summed E-state index contributed by atoms with van der Waals surface area (Å²) < 4.78 is 15.0. The number of methoxy groups -OCH3 is 1. The van der Waals surface area contributed by atoms with Crippen LogP contribution in [-0.4, -0.2) is 97.7 Å². The minimum Gasteiger partial charge on any atom is -0.497 e. The van der Waals surface area contributed by atoms with Gasteiger partial charge in [0.15, 0.2) is 0 Å². The molecule has 0 fully saturated rings. The third-order valence-electron chi connectivity index (χ3n) is 15.9. The molecule has 0 aliphatic rings. The van der Waals surface area contributed by atoms with Crippen LogP contribution in [-0.2, 0) is 81.8 Å². The van der Waals surface area contributed by atoms with Crippen molar-refractivity contribution in [2.24, 2.45) is 71.0 Å². The second-order valence-corrected chi connectivity index (χ2v) is 32.6. The maximum absolute atomic E-state index is 11.3. The van der Waals surface area contributed by atoms with E-state index in [9.17, 15) is 52.7 Å². The lowest BCUT2D eigenvalue weighted by molar-refractivity contribution is -0.149. The lowest BCUT2D eigenvalue weighted by atomic mass is 10.1. The molecule has 6 rings (SSSR count). The van der Waals surface area contributed by atoms with Crippen LogP contribution >= 0.6 is 0 Å². The molecule has 0 bridgehead atoms. The number of para-hydroxylation sites is 1. The summed E-state index contributed by atoms with van der Waals surface area (Å²) >= 11 is 0. The summed E-state index contributed by atoms with van der Waals surface area (Å²) in [6.07, 6.45) is 3.31. The van der Waals surface area contributed by atoms with Crippen molar-refractivity contribution in [3.63, 3.8) is 0 Å². The summed E-state index contributed by atoms with van der Waals surface area (Å²) in [5, 5.41) is 19.7. The van der Waals surface area contributed by atoms with E-state index < -0.39 is 0 Å². The van der Waals surface area contributed by atoms with Crippen LogP contribution in [0.2, 0.25) is 0 Å². The molecule has 0 aromatic heterocycles. The average Bonchev–Trinajstić information content (AvgIpc) is 0.688. The smallest absolute Gasteiger partial charge is 0.308 e. The molecular weight excluding hydrogens is 1520 g/mol. The molecule has 6 aromatic carbocycles. The van der Waals surface area contributed by atoms with Gasteiger partial charge in [-0.15, -0.1) is 0 Å². The van der Waals surface area contributed by atoms with Crippen LogP contribution in [0.15, 0.2) is 170 Å². The first-order valence-corrected chi connectivity index (χ1v) is 43.0. The van der Waals surface area contributed by atoms with E-state index in [1.807, 2.05) is 365 Å².